The highest BCUT2D eigenvalue weighted by molar-refractivity contribution is 7.99. The summed E-state index contributed by atoms with van der Waals surface area (Å²) < 4.78 is 5.04. The molecule has 0 saturated heterocycles. The van der Waals surface area contributed by atoms with Gasteiger partial charge in [-0.1, -0.05) is 11.8 Å². The number of aliphatic carboxylic acids is 1. The predicted molar refractivity (Wildman–Crippen MR) is 68.9 cm³/mol. The quantitative estimate of drug-likeness (QED) is 0.774. The van der Waals surface area contributed by atoms with E-state index in [2.05, 4.69) is 15.2 Å². The van der Waals surface area contributed by atoms with E-state index < -0.39 is 11.9 Å². The molecule has 5 atom stereocenters. The Balaban J connectivity index is 1.73. The minimum Gasteiger partial charge on any atom is -0.481 e. The molecule has 2 saturated carbocycles. The number of aromatic amines is 1. The molecule has 2 aliphatic carbocycles. The fraction of sp³-hybridized carbons (Fsp3) is 0.667. The van der Waals surface area contributed by atoms with Gasteiger partial charge in [-0.15, -0.1) is 0 Å². The minimum atomic E-state index is -0.826. The van der Waals surface area contributed by atoms with Gasteiger partial charge >= 0.3 is 11.9 Å². The van der Waals surface area contributed by atoms with Crippen molar-refractivity contribution in [2.24, 2.45) is 23.7 Å². The lowest BCUT2D eigenvalue weighted by molar-refractivity contribution is -0.146. The Morgan fingerprint density at radius 3 is 2.95 bits per heavy atom. The van der Waals surface area contributed by atoms with Gasteiger partial charge in [-0.25, -0.2) is 4.98 Å². The van der Waals surface area contributed by atoms with Crippen LogP contribution in [0.5, 0.6) is 0 Å². The van der Waals surface area contributed by atoms with Crippen molar-refractivity contribution in [1.82, 2.24) is 15.2 Å². The molecule has 2 aliphatic rings. The van der Waals surface area contributed by atoms with E-state index in [0.717, 1.165) is 0 Å². The van der Waals surface area contributed by atoms with Gasteiger partial charge in [-0.3, -0.25) is 14.7 Å². The lowest BCUT2D eigenvalue weighted by Crippen LogP contribution is -2.22. The number of carbonyl (C=O) groups excluding carboxylic acids is 1. The number of esters is 1. The SMILES string of the molecule is CCOC(=O)[C@@H]1[C@@H]2[C@H]1[C@@H](Sc1ncn[nH]1)C[C@H]2C(=O)O. The van der Waals surface area contributed by atoms with Crippen LogP contribution in [-0.4, -0.2) is 44.1 Å². The summed E-state index contributed by atoms with van der Waals surface area (Å²) in [6.45, 7) is 2.08. The molecule has 108 valence electrons. The summed E-state index contributed by atoms with van der Waals surface area (Å²) in [5.41, 5.74) is 0. The number of rotatable bonds is 5. The van der Waals surface area contributed by atoms with Crippen LogP contribution in [0.3, 0.4) is 0 Å². The molecular formula is C12H15N3O4S. The van der Waals surface area contributed by atoms with Gasteiger partial charge in [0, 0.05) is 5.25 Å². The molecule has 0 amide bonds. The number of carboxylic acid groups (broad SMARTS) is 1. The van der Waals surface area contributed by atoms with E-state index in [1.54, 1.807) is 6.92 Å². The fourth-order valence-corrected chi connectivity index (χ4v) is 4.57. The molecule has 0 spiro atoms. The second kappa shape index (κ2) is 5.08. The van der Waals surface area contributed by atoms with Crippen molar-refractivity contribution in [3.05, 3.63) is 6.33 Å². The van der Waals surface area contributed by atoms with Crippen molar-refractivity contribution in [2.45, 2.75) is 23.8 Å². The highest BCUT2D eigenvalue weighted by Crippen LogP contribution is 2.64. The maximum Gasteiger partial charge on any atom is 0.309 e. The number of carboxylic acids is 1. The standard InChI is InChI=1S/C12H15N3O4S/c1-2-19-11(18)9-7-5(10(16)17)3-6(8(7)9)20-12-13-4-14-15-12/h4-9H,2-3H2,1H3,(H,16,17)(H,13,14,15)/t5-,6+,7+,8-,9-/m1/s1. The van der Waals surface area contributed by atoms with Gasteiger partial charge in [0.1, 0.15) is 6.33 Å². The summed E-state index contributed by atoms with van der Waals surface area (Å²) in [5, 5.41) is 16.6. The molecule has 0 aromatic carbocycles. The van der Waals surface area contributed by atoms with Crippen LogP contribution in [0.2, 0.25) is 0 Å². The zero-order valence-corrected chi connectivity index (χ0v) is 11.7. The third-order valence-electron chi connectivity index (χ3n) is 4.04. The van der Waals surface area contributed by atoms with E-state index >= 15 is 0 Å². The Bertz CT molecular complexity index is 521. The number of thioether (sulfide) groups is 1. The third-order valence-corrected chi connectivity index (χ3v) is 5.27. The Morgan fingerprint density at radius 1 is 1.55 bits per heavy atom. The third kappa shape index (κ3) is 2.17. The molecule has 3 rings (SSSR count). The summed E-state index contributed by atoms with van der Waals surface area (Å²) in [4.78, 5) is 27.2. The number of fused-ring (bicyclic) bond motifs is 1. The first-order chi connectivity index (χ1) is 9.63. The average Bonchev–Trinajstić information content (AvgIpc) is 2.76. The van der Waals surface area contributed by atoms with Crippen LogP contribution in [0.15, 0.2) is 11.5 Å². The van der Waals surface area contributed by atoms with Crippen molar-refractivity contribution >= 4 is 23.7 Å². The second-order valence-corrected chi connectivity index (χ2v) is 6.29. The van der Waals surface area contributed by atoms with Crippen LogP contribution in [0.1, 0.15) is 13.3 Å². The Morgan fingerprint density at radius 2 is 2.35 bits per heavy atom. The largest absolute Gasteiger partial charge is 0.481 e. The molecule has 0 bridgehead atoms. The molecule has 2 fully saturated rings. The first kappa shape index (κ1) is 13.4. The van der Waals surface area contributed by atoms with E-state index in [1.807, 2.05) is 0 Å². The molecule has 1 aromatic rings. The summed E-state index contributed by atoms with van der Waals surface area (Å²) in [6, 6.07) is 0. The van der Waals surface area contributed by atoms with Crippen molar-refractivity contribution in [1.29, 1.82) is 0 Å². The number of aromatic nitrogens is 3. The first-order valence-corrected chi connectivity index (χ1v) is 7.43. The highest BCUT2D eigenvalue weighted by Gasteiger charge is 2.68. The summed E-state index contributed by atoms with van der Waals surface area (Å²) in [6.07, 6.45) is 1.98. The van der Waals surface area contributed by atoms with E-state index in [9.17, 15) is 14.7 Å². The predicted octanol–water partition coefficient (Wildman–Crippen LogP) is 0.795. The second-order valence-electron chi connectivity index (χ2n) is 5.06. The molecule has 1 aromatic heterocycles. The Labute approximate surface area is 119 Å². The smallest absolute Gasteiger partial charge is 0.309 e. The van der Waals surface area contributed by atoms with Gasteiger partial charge < -0.3 is 9.84 Å². The monoisotopic (exact) mass is 297 g/mol. The number of nitrogens with zero attached hydrogens (tertiary/aromatic N) is 2. The summed E-state index contributed by atoms with van der Waals surface area (Å²) in [7, 11) is 0. The maximum atomic E-state index is 11.9. The fourth-order valence-electron chi connectivity index (χ4n) is 3.26. The van der Waals surface area contributed by atoms with Crippen LogP contribution < -0.4 is 0 Å². The van der Waals surface area contributed by atoms with Crippen LogP contribution in [0, 0.1) is 23.7 Å². The van der Waals surface area contributed by atoms with Crippen molar-refractivity contribution < 1.29 is 19.4 Å². The molecule has 2 N–H and O–H groups in total. The van der Waals surface area contributed by atoms with Crippen LogP contribution in [0.4, 0.5) is 0 Å². The maximum absolute atomic E-state index is 11.9. The van der Waals surface area contributed by atoms with Crippen molar-refractivity contribution in [3.8, 4) is 0 Å². The molecule has 1 heterocycles. The van der Waals surface area contributed by atoms with Gasteiger partial charge in [0.15, 0.2) is 5.16 Å². The number of nitrogens with one attached hydrogen (secondary N) is 1. The summed E-state index contributed by atoms with van der Waals surface area (Å²) >= 11 is 1.47. The number of hydrogen-bond acceptors (Lipinski definition) is 6. The zero-order valence-electron chi connectivity index (χ0n) is 10.9. The lowest BCUT2D eigenvalue weighted by atomic mass is 10.00. The van der Waals surface area contributed by atoms with E-state index in [0.29, 0.717) is 18.2 Å². The lowest BCUT2D eigenvalue weighted by Gasteiger charge is -2.15. The number of ether oxygens (including phenoxy) is 1. The van der Waals surface area contributed by atoms with Crippen LogP contribution in [-0.2, 0) is 14.3 Å². The molecule has 0 unspecified atom stereocenters. The van der Waals surface area contributed by atoms with Crippen molar-refractivity contribution in [2.75, 3.05) is 6.61 Å². The molecule has 7 nitrogen and oxygen atoms in total. The summed E-state index contributed by atoms with van der Waals surface area (Å²) in [5.74, 6) is -1.85. The van der Waals surface area contributed by atoms with Crippen molar-refractivity contribution in [3.63, 3.8) is 0 Å². The van der Waals surface area contributed by atoms with Gasteiger partial charge in [0.25, 0.3) is 0 Å². The van der Waals surface area contributed by atoms with Gasteiger partial charge in [0.05, 0.1) is 18.4 Å². The molecule has 8 heteroatoms. The number of carbonyl (C=O) groups is 2. The topological polar surface area (TPSA) is 105 Å². The van der Waals surface area contributed by atoms with Crippen LogP contribution >= 0.6 is 11.8 Å². The first-order valence-electron chi connectivity index (χ1n) is 6.55. The highest BCUT2D eigenvalue weighted by atomic mass is 32.2. The number of H-pyrrole nitrogens is 1. The minimum absolute atomic E-state index is 0.0726. The number of hydrogen-bond donors (Lipinski definition) is 2. The van der Waals surface area contributed by atoms with E-state index in [1.165, 1.54) is 18.1 Å². The Hall–Kier alpha value is -1.57. The van der Waals surface area contributed by atoms with Gasteiger partial charge in [-0.05, 0) is 25.2 Å². The average molecular weight is 297 g/mol. The molecule has 0 aliphatic heterocycles. The normalized spacial score (nSPS) is 34.5. The Kier molecular flexibility index (Phi) is 3.41. The molecular weight excluding hydrogens is 282 g/mol. The molecule has 0 radical (unpaired) electrons. The van der Waals surface area contributed by atoms with E-state index in [4.69, 9.17) is 4.74 Å². The van der Waals surface area contributed by atoms with E-state index in [-0.39, 0.29) is 29.0 Å². The zero-order chi connectivity index (χ0) is 14.3. The van der Waals surface area contributed by atoms with Crippen LogP contribution in [0.25, 0.3) is 0 Å². The van der Waals surface area contributed by atoms with Gasteiger partial charge in [-0.2, -0.15) is 5.10 Å². The molecule has 20 heavy (non-hydrogen) atoms. The van der Waals surface area contributed by atoms with Gasteiger partial charge in [0.2, 0.25) is 0 Å².